The van der Waals surface area contributed by atoms with Gasteiger partial charge in [0.25, 0.3) is 0 Å². The predicted molar refractivity (Wildman–Crippen MR) is 58.7 cm³/mol. The van der Waals surface area contributed by atoms with Crippen LogP contribution in [0.4, 0.5) is 0 Å². The van der Waals surface area contributed by atoms with Gasteiger partial charge in [-0.25, -0.2) is 0 Å². The molecule has 0 saturated heterocycles. The average molecular weight is 205 g/mol. The Hall–Kier alpha value is -1.64. The van der Waals surface area contributed by atoms with E-state index in [1.807, 2.05) is 19.1 Å². The molecule has 1 rings (SSSR count). The summed E-state index contributed by atoms with van der Waals surface area (Å²) < 4.78 is 0. The van der Waals surface area contributed by atoms with Crippen LogP contribution >= 0.6 is 0 Å². The normalized spacial score (nSPS) is 10.0. The highest BCUT2D eigenvalue weighted by Gasteiger charge is 2.08. The molecule has 0 saturated carbocycles. The second kappa shape index (κ2) is 4.73. The molecule has 0 spiro atoms. The molecule has 0 aromatic heterocycles. The van der Waals surface area contributed by atoms with Crippen LogP contribution in [-0.4, -0.2) is 11.7 Å². The maximum absolute atomic E-state index is 11.2. The highest BCUT2D eigenvalue weighted by atomic mass is 16.1. The molecule has 0 radical (unpaired) electrons. The quantitative estimate of drug-likeness (QED) is 0.811. The van der Waals surface area contributed by atoms with Crippen molar-refractivity contribution in [3.8, 4) is 0 Å². The molecule has 1 aromatic rings. The molecule has 0 atom stereocenters. The monoisotopic (exact) mass is 205 g/mol. The second-order valence-corrected chi connectivity index (χ2v) is 3.73. The Morgan fingerprint density at radius 2 is 2.00 bits per heavy atom. The van der Waals surface area contributed by atoms with E-state index in [1.165, 1.54) is 6.92 Å². The van der Waals surface area contributed by atoms with E-state index in [2.05, 4.69) is 0 Å². The predicted octanol–water partition coefficient (Wildman–Crippen LogP) is 1.62. The molecule has 3 heteroatoms. The number of carbonyl (C=O) groups excluding carboxylic acids is 2. The van der Waals surface area contributed by atoms with Gasteiger partial charge in [0.2, 0.25) is 5.91 Å². The van der Waals surface area contributed by atoms with Crippen LogP contribution in [0, 0.1) is 6.92 Å². The Morgan fingerprint density at radius 1 is 1.33 bits per heavy atom. The summed E-state index contributed by atoms with van der Waals surface area (Å²) in [6, 6.07) is 5.54. The van der Waals surface area contributed by atoms with Crippen LogP contribution in [0.3, 0.4) is 0 Å². The van der Waals surface area contributed by atoms with Gasteiger partial charge in [-0.2, -0.15) is 0 Å². The van der Waals surface area contributed by atoms with Crippen LogP contribution in [-0.2, 0) is 11.2 Å². The topological polar surface area (TPSA) is 60.2 Å². The third kappa shape index (κ3) is 3.20. The third-order valence-corrected chi connectivity index (χ3v) is 2.28. The first-order valence-corrected chi connectivity index (χ1v) is 4.89. The van der Waals surface area contributed by atoms with Gasteiger partial charge in [-0.1, -0.05) is 17.7 Å². The summed E-state index contributed by atoms with van der Waals surface area (Å²) in [5.74, 6) is -0.316. The van der Waals surface area contributed by atoms with E-state index >= 15 is 0 Å². The first-order valence-electron chi connectivity index (χ1n) is 4.89. The van der Waals surface area contributed by atoms with Gasteiger partial charge in [0, 0.05) is 12.0 Å². The SMILES string of the molecule is CC(=O)CCc1ccc(C)cc1C(N)=O. The maximum atomic E-state index is 11.2. The van der Waals surface area contributed by atoms with Crippen LogP contribution < -0.4 is 5.73 Å². The first kappa shape index (κ1) is 11.4. The van der Waals surface area contributed by atoms with Crippen LogP contribution in [0.1, 0.15) is 34.8 Å². The highest BCUT2D eigenvalue weighted by molar-refractivity contribution is 5.94. The Balaban J connectivity index is 2.95. The van der Waals surface area contributed by atoms with Crippen LogP contribution in [0.2, 0.25) is 0 Å². The van der Waals surface area contributed by atoms with E-state index < -0.39 is 5.91 Å². The lowest BCUT2D eigenvalue weighted by Gasteiger charge is -2.06. The van der Waals surface area contributed by atoms with Crippen molar-refractivity contribution < 1.29 is 9.59 Å². The molecule has 0 aliphatic carbocycles. The summed E-state index contributed by atoms with van der Waals surface area (Å²) in [6.07, 6.45) is 1.03. The van der Waals surface area contributed by atoms with Crippen molar-refractivity contribution in [3.63, 3.8) is 0 Å². The molecular formula is C12H15NO2. The number of amides is 1. The van der Waals surface area contributed by atoms with E-state index in [0.717, 1.165) is 11.1 Å². The summed E-state index contributed by atoms with van der Waals surface area (Å²) in [4.78, 5) is 22.0. The van der Waals surface area contributed by atoms with Crippen molar-refractivity contribution >= 4 is 11.7 Å². The van der Waals surface area contributed by atoms with Crippen LogP contribution in [0.5, 0.6) is 0 Å². The number of benzene rings is 1. The lowest BCUT2D eigenvalue weighted by molar-refractivity contribution is -0.116. The van der Waals surface area contributed by atoms with Gasteiger partial charge in [0.1, 0.15) is 5.78 Å². The summed E-state index contributed by atoms with van der Waals surface area (Å²) in [6.45, 7) is 3.44. The van der Waals surface area contributed by atoms with Crippen molar-refractivity contribution in [1.29, 1.82) is 0 Å². The molecule has 2 N–H and O–H groups in total. The molecule has 1 aromatic carbocycles. The van der Waals surface area contributed by atoms with Gasteiger partial charge in [-0.3, -0.25) is 4.79 Å². The fourth-order valence-corrected chi connectivity index (χ4v) is 1.45. The summed E-state index contributed by atoms with van der Waals surface area (Å²) in [7, 11) is 0. The zero-order valence-electron chi connectivity index (χ0n) is 9.04. The zero-order valence-corrected chi connectivity index (χ0v) is 9.04. The highest BCUT2D eigenvalue weighted by Crippen LogP contribution is 2.13. The third-order valence-electron chi connectivity index (χ3n) is 2.28. The smallest absolute Gasteiger partial charge is 0.248 e. The Labute approximate surface area is 89.3 Å². The standard InChI is InChI=1S/C12H15NO2/c1-8-3-5-10(6-4-9(2)14)11(7-8)12(13)15/h3,5,7H,4,6H2,1-2H3,(H2,13,15). The minimum atomic E-state index is -0.433. The fourth-order valence-electron chi connectivity index (χ4n) is 1.45. The van der Waals surface area contributed by atoms with E-state index in [0.29, 0.717) is 18.4 Å². The molecule has 0 unspecified atom stereocenters. The summed E-state index contributed by atoms with van der Waals surface area (Å²) in [5.41, 5.74) is 7.64. The van der Waals surface area contributed by atoms with Crippen molar-refractivity contribution in [2.45, 2.75) is 26.7 Å². The molecule has 15 heavy (non-hydrogen) atoms. The number of hydrogen-bond donors (Lipinski definition) is 1. The summed E-state index contributed by atoms with van der Waals surface area (Å²) >= 11 is 0. The molecular weight excluding hydrogens is 190 g/mol. The van der Waals surface area contributed by atoms with Crippen molar-refractivity contribution in [1.82, 2.24) is 0 Å². The van der Waals surface area contributed by atoms with Gasteiger partial charge in [-0.15, -0.1) is 0 Å². The van der Waals surface area contributed by atoms with Gasteiger partial charge in [0.15, 0.2) is 0 Å². The first-order chi connectivity index (χ1) is 7.00. The lowest BCUT2D eigenvalue weighted by atomic mass is 9.99. The molecule has 1 amide bonds. The van der Waals surface area contributed by atoms with Crippen molar-refractivity contribution in [2.75, 3.05) is 0 Å². The van der Waals surface area contributed by atoms with Gasteiger partial charge in [0.05, 0.1) is 0 Å². The number of primary amides is 1. The second-order valence-electron chi connectivity index (χ2n) is 3.73. The molecule has 0 aliphatic heterocycles. The minimum Gasteiger partial charge on any atom is -0.366 e. The lowest BCUT2D eigenvalue weighted by Crippen LogP contribution is -2.14. The molecule has 0 heterocycles. The van der Waals surface area contributed by atoms with Crippen molar-refractivity contribution in [2.24, 2.45) is 5.73 Å². The van der Waals surface area contributed by atoms with Gasteiger partial charge in [-0.05, 0) is 31.9 Å². The number of carbonyl (C=O) groups is 2. The van der Waals surface area contributed by atoms with Crippen molar-refractivity contribution in [3.05, 3.63) is 34.9 Å². The molecule has 0 aliphatic rings. The van der Waals surface area contributed by atoms with E-state index in [-0.39, 0.29) is 5.78 Å². The number of nitrogens with two attached hydrogens (primary N) is 1. The fraction of sp³-hybridized carbons (Fsp3) is 0.333. The van der Waals surface area contributed by atoms with Gasteiger partial charge < -0.3 is 10.5 Å². The Morgan fingerprint density at radius 3 is 2.53 bits per heavy atom. The van der Waals surface area contributed by atoms with Crippen LogP contribution in [0.15, 0.2) is 18.2 Å². The largest absolute Gasteiger partial charge is 0.366 e. The Bertz CT molecular complexity index is 397. The number of Topliss-reactive ketones (excluding diaryl/α,β-unsaturated/α-hetero) is 1. The van der Waals surface area contributed by atoms with E-state index in [9.17, 15) is 9.59 Å². The molecule has 0 fully saturated rings. The summed E-state index contributed by atoms with van der Waals surface area (Å²) in [5, 5.41) is 0. The number of ketones is 1. The molecule has 0 bridgehead atoms. The molecule has 3 nitrogen and oxygen atoms in total. The van der Waals surface area contributed by atoms with E-state index in [1.54, 1.807) is 6.07 Å². The maximum Gasteiger partial charge on any atom is 0.248 e. The number of rotatable bonds is 4. The van der Waals surface area contributed by atoms with Gasteiger partial charge >= 0.3 is 0 Å². The average Bonchev–Trinajstić information content (AvgIpc) is 2.15. The zero-order chi connectivity index (χ0) is 11.4. The Kier molecular flexibility index (Phi) is 3.61. The number of aryl methyl sites for hydroxylation is 2. The molecule has 80 valence electrons. The minimum absolute atomic E-state index is 0.117. The van der Waals surface area contributed by atoms with E-state index in [4.69, 9.17) is 5.73 Å². The number of hydrogen-bond acceptors (Lipinski definition) is 2. The van der Waals surface area contributed by atoms with Crippen LogP contribution in [0.25, 0.3) is 0 Å².